The zero-order valence-corrected chi connectivity index (χ0v) is 23.0. The van der Waals surface area contributed by atoms with Crippen molar-refractivity contribution in [3.05, 3.63) is 82.2 Å². The molecule has 1 heterocycles. The highest BCUT2D eigenvalue weighted by molar-refractivity contribution is 8.18. The van der Waals surface area contributed by atoms with Gasteiger partial charge in [-0.2, -0.15) is 0 Å². The molecule has 4 amide bonds. The minimum absolute atomic E-state index is 0.146. The number of rotatable bonds is 10. The zero-order chi connectivity index (χ0) is 28.6. The van der Waals surface area contributed by atoms with E-state index < -0.39 is 29.5 Å². The number of anilines is 2. The molecule has 0 spiro atoms. The number of carbonyl (C=O) groups is 4. The number of nitrogens with one attached hydrogen (secondary N) is 2. The maximum atomic E-state index is 12.9. The molecule has 1 fully saturated rings. The van der Waals surface area contributed by atoms with Crippen molar-refractivity contribution >= 4 is 63.8 Å². The molecule has 0 aromatic heterocycles. The van der Waals surface area contributed by atoms with Gasteiger partial charge in [0.15, 0.2) is 18.1 Å². The Hall–Kier alpha value is -4.48. The van der Waals surface area contributed by atoms with Crippen LogP contribution >= 0.6 is 23.4 Å². The summed E-state index contributed by atoms with van der Waals surface area (Å²) in [6.07, 6.45) is 1.51. The van der Waals surface area contributed by atoms with Crippen LogP contribution in [0.2, 0.25) is 5.02 Å². The number of methoxy groups -OCH3 is 2. The first-order valence-electron chi connectivity index (χ1n) is 11.8. The van der Waals surface area contributed by atoms with Crippen LogP contribution in [-0.4, -0.2) is 55.2 Å². The van der Waals surface area contributed by atoms with Crippen LogP contribution in [0.1, 0.15) is 5.56 Å². The molecule has 40 heavy (non-hydrogen) atoms. The van der Waals surface area contributed by atoms with Crippen LogP contribution in [0.25, 0.3) is 6.08 Å². The van der Waals surface area contributed by atoms with E-state index in [1.807, 2.05) is 0 Å². The lowest BCUT2D eigenvalue weighted by atomic mass is 10.2. The molecule has 0 radical (unpaired) electrons. The summed E-state index contributed by atoms with van der Waals surface area (Å²) in [7, 11) is 2.95. The number of benzene rings is 3. The molecule has 1 aliphatic rings. The maximum absolute atomic E-state index is 12.9. The van der Waals surface area contributed by atoms with Crippen molar-refractivity contribution in [1.82, 2.24) is 4.90 Å². The summed E-state index contributed by atoms with van der Waals surface area (Å²) in [5.41, 5.74) is 1.51. The standard InChI is InChI=1S/C28H24ClN3O7S/c1-37-21-9-4-3-8-20(21)31-26(34)16-39-22-11-10-17(12-23(22)38-2)13-24-27(35)32(28(36)40-24)15-25(33)30-19-7-5-6-18(29)14-19/h3-14H,15-16H2,1-2H3,(H,30,33)(H,31,34)/b24-13-. The van der Waals surface area contributed by atoms with Gasteiger partial charge in [0.25, 0.3) is 17.1 Å². The normalized spacial score (nSPS) is 13.8. The Morgan fingerprint density at radius 1 is 0.900 bits per heavy atom. The Bertz CT molecular complexity index is 1490. The number of nitrogens with zero attached hydrogens (tertiary/aromatic N) is 1. The SMILES string of the molecule is COc1ccccc1NC(=O)COc1ccc(/C=C2\SC(=O)N(CC(=O)Nc3cccc(Cl)c3)C2=O)cc1OC. The molecule has 1 aliphatic heterocycles. The van der Waals surface area contributed by atoms with Crippen molar-refractivity contribution in [3.63, 3.8) is 0 Å². The third-order valence-corrected chi connectivity index (χ3v) is 6.65. The molecule has 206 valence electrons. The topological polar surface area (TPSA) is 123 Å². The van der Waals surface area contributed by atoms with Gasteiger partial charge < -0.3 is 24.8 Å². The van der Waals surface area contributed by atoms with Gasteiger partial charge in [-0.15, -0.1) is 0 Å². The molecule has 0 unspecified atom stereocenters. The van der Waals surface area contributed by atoms with Gasteiger partial charge >= 0.3 is 0 Å². The van der Waals surface area contributed by atoms with E-state index in [1.54, 1.807) is 66.7 Å². The first-order chi connectivity index (χ1) is 19.3. The van der Waals surface area contributed by atoms with Gasteiger partial charge in [-0.3, -0.25) is 24.1 Å². The molecule has 2 N–H and O–H groups in total. The Morgan fingerprint density at radius 2 is 1.68 bits per heavy atom. The summed E-state index contributed by atoms with van der Waals surface area (Å²) in [6, 6.07) is 18.4. The Balaban J connectivity index is 1.38. The van der Waals surface area contributed by atoms with Crippen molar-refractivity contribution < 1.29 is 33.4 Å². The van der Waals surface area contributed by atoms with Crippen LogP contribution in [0.15, 0.2) is 71.6 Å². The quantitative estimate of drug-likeness (QED) is 0.319. The number of halogens is 1. The number of ether oxygens (including phenoxy) is 3. The van der Waals surface area contributed by atoms with Crippen molar-refractivity contribution in [3.8, 4) is 17.2 Å². The van der Waals surface area contributed by atoms with Crippen LogP contribution in [-0.2, 0) is 14.4 Å². The van der Waals surface area contributed by atoms with Gasteiger partial charge in [-0.05, 0) is 65.9 Å². The molecule has 3 aromatic rings. The first-order valence-corrected chi connectivity index (χ1v) is 13.0. The van der Waals surface area contributed by atoms with Gasteiger partial charge in [0.05, 0.1) is 24.8 Å². The third-order valence-electron chi connectivity index (χ3n) is 5.51. The lowest BCUT2D eigenvalue weighted by Gasteiger charge is -2.13. The van der Waals surface area contributed by atoms with E-state index in [9.17, 15) is 19.2 Å². The Kier molecular flexibility index (Phi) is 9.31. The lowest BCUT2D eigenvalue weighted by Crippen LogP contribution is -2.36. The number of amides is 4. The second kappa shape index (κ2) is 13.0. The molecule has 0 saturated carbocycles. The van der Waals surface area contributed by atoms with E-state index >= 15 is 0 Å². The van der Waals surface area contributed by atoms with Crippen LogP contribution in [0.3, 0.4) is 0 Å². The molecule has 1 saturated heterocycles. The van der Waals surface area contributed by atoms with Crippen LogP contribution < -0.4 is 24.8 Å². The second-order valence-electron chi connectivity index (χ2n) is 8.27. The number of imide groups is 1. The number of carbonyl (C=O) groups excluding carboxylic acids is 4. The molecular weight excluding hydrogens is 558 g/mol. The maximum Gasteiger partial charge on any atom is 0.294 e. The van der Waals surface area contributed by atoms with E-state index in [2.05, 4.69) is 10.6 Å². The van der Waals surface area contributed by atoms with Gasteiger partial charge in [-0.25, -0.2) is 0 Å². The molecule has 10 nitrogen and oxygen atoms in total. The fraction of sp³-hybridized carbons (Fsp3) is 0.143. The third kappa shape index (κ3) is 7.13. The van der Waals surface area contributed by atoms with E-state index in [4.69, 9.17) is 25.8 Å². The summed E-state index contributed by atoms with van der Waals surface area (Å²) >= 11 is 6.65. The summed E-state index contributed by atoms with van der Waals surface area (Å²) in [5.74, 6) is -0.389. The number of hydrogen-bond acceptors (Lipinski definition) is 8. The first kappa shape index (κ1) is 28.5. The van der Waals surface area contributed by atoms with E-state index in [0.717, 1.165) is 16.7 Å². The van der Waals surface area contributed by atoms with Gasteiger partial charge in [0.1, 0.15) is 12.3 Å². The second-order valence-corrected chi connectivity index (χ2v) is 9.70. The molecule has 0 atom stereocenters. The molecule has 0 aliphatic carbocycles. The minimum Gasteiger partial charge on any atom is -0.495 e. The summed E-state index contributed by atoms with van der Waals surface area (Å²) in [6.45, 7) is -0.731. The fourth-order valence-electron chi connectivity index (χ4n) is 3.67. The number of hydrogen-bond donors (Lipinski definition) is 2. The fourth-order valence-corrected chi connectivity index (χ4v) is 4.70. The molecule has 4 rings (SSSR count). The van der Waals surface area contributed by atoms with Crippen LogP contribution in [0.4, 0.5) is 16.2 Å². The van der Waals surface area contributed by atoms with Gasteiger partial charge in [-0.1, -0.05) is 35.9 Å². The summed E-state index contributed by atoms with van der Waals surface area (Å²) in [5, 5.41) is 5.21. The predicted molar refractivity (Wildman–Crippen MR) is 153 cm³/mol. The summed E-state index contributed by atoms with van der Waals surface area (Å²) < 4.78 is 16.2. The van der Waals surface area contributed by atoms with Crippen molar-refractivity contribution in [2.24, 2.45) is 0 Å². The Morgan fingerprint density at radius 3 is 2.42 bits per heavy atom. The van der Waals surface area contributed by atoms with E-state index in [0.29, 0.717) is 39.2 Å². The van der Waals surface area contributed by atoms with Crippen LogP contribution in [0.5, 0.6) is 17.2 Å². The smallest absolute Gasteiger partial charge is 0.294 e. The highest BCUT2D eigenvalue weighted by Gasteiger charge is 2.36. The average Bonchev–Trinajstić information content (AvgIpc) is 3.19. The monoisotopic (exact) mass is 581 g/mol. The largest absolute Gasteiger partial charge is 0.495 e. The highest BCUT2D eigenvalue weighted by Crippen LogP contribution is 2.34. The van der Waals surface area contributed by atoms with E-state index in [-0.39, 0.29) is 11.5 Å². The molecular formula is C28H24ClN3O7S. The van der Waals surface area contributed by atoms with E-state index in [1.165, 1.54) is 20.3 Å². The molecule has 3 aromatic carbocycles. The van der Waals surface area contributed by atoms with Gasteiger partial charge in [0, 0.05) is 10.7 Å². The Labute approximate surface area is 239 Å². The zero-order valence-electron chi connectivity index (χ0n) is 21.4. The number of thioether (sulfide) groups is 1. The summed E-state index contributed by atoms with van der Waals surface area (Å²) in [4.78, 5) is 51.1. The van der Waals surface area contributed by atoms with Crippen molar-refractivity contribution in [2.45, 2.75) is 0 Å². The van der Waals surface area contributed by atoms with Crippen molar-refractivity contribution in [1.29, 1.82) is 0 Å². The lowest BCUT2D eigenvalue weighted by molar-refractivity contribution is -0.127. The molecule has 0 bridgehead atoms. The minimum atomic E-state index is -0.594. The number of para-hydroxylation sites is 2. The molecule has 12 heteroatoms. The highest BCUT2D eigenvalue weighted by atomic mass is 35.5. The predicted octanol–water partition coefficient (Wildman–Crippen LogP) is 5.05. The van der Waals surface area contributed by atoms with Crippen molar-refractivity contribution in [2.75, 3.05) is 38.0 Å². The van der Waals surface area contributed by atoms with Gasteiger partial charge in [0.2, 0.25) is 5.91 Å². The van der Waals surface area contributed by atoms with Crippen LogP contribution in [0, 0.1) is 0 Å². The average molecular weight is 582 g/mol.